The Labute approximate surface area is 189 Å². The molecule has 6 nitrogen and oxygen atoms in total. The summed E-state index contributed by atoms with van der Waals surface area (Å²) in [5.74, 6) is -0.951. The monoisotopic (exact) mass is 476 g/mol. The van der Waals surface area contributed by atoms with Crippen LogP contribution in [0.5, 0.6) is 0 Å². The lowest BCUT2D eigenvalue weighted by Crippen LogP contribution is -2.18. The average molecular weight is 477 g/mol. The Morgan fingerprint density at radius 3 is 2.53 bits per heavy atom. The Morgan fingerprint density at radius 2 is 1.83 bits per heavy atom. The van der Waals surface area contributed by atoms with Gasteiger partial charge in [-0.05, 0) is 48.9 Å². The Kier molecular flexibility index (Phi) is 6.01. The molecule has 0 saturated carbocycles. The van der Waals surface area contributed by atoms with Crippen LogP contribution in [-0.2, 0) is 4.79 Å². The van der Waals surface area contributed by atoms with Crippen LogP contribution in [-0.4, -0.2) is 21.8 Å². The number of rotatable bonds is 5. The van der Waals surface area contributed by atoms with Gasteiger partial charge in [-0.1, -0.05) is 34.5 Å². The van der Waals surface area contributed by atoms with Gasteiger partial charge in [0, 0.05) is 21.1 Å². The molecule has 10 heteroatoms. The molecule has 2 aromatic heterocycles. The minimum atomic E-state index is -0.457. The molecule has 152 valence electrons. The van der Waals surface area contributed by atoms with Crippen LogP contribution in [0.1, 0.15) is 28.9 Å². The maximum atomic E-state index is 12.7. The molecule has 0 bridgehead atoms. The number of nitrogens with one attached hydrogen (secondary N) is 2. The van der Waals surface area contributed by atoms with E-state index in [4.69, 9.17) is 23.2 Å². The molecule has 0 aliphatic rings. The predicted octanol–water partition coefficient (Wildman–Crippen LogP) is 6.05. The lowest BCUT2D eigenvalue weighted by Gasteiger charge is -2.11. The molecule has 0 saturated heterocycles. The highest BCUT2D eigenvalue weighted by atomic mass is 35.5. The summed E-state index contributed by atoms with van der Waals surface area (Å²) < 4.78 is 0.833. The van der Waals surface area contributed by atoms with Crippen molar-refractivity contribution >= 4 is 78.7 Å². The van der Waals surface area contributed by atoms with E-state index in [0.717, 1.165) is 15.8 Å². The fourth-order valence-corrected chi connectivity index (χ4v) is 4.75. The molecule has 4 rings (SSSR count). The molecule has 0 fully saturated rings. The molecular weight excluding hydrogens is 463 g/mol. The van der Waals surface area contributed by atoms with E-state index in [1.54, 1.807) is 48.1 Å². The zero-order valence-electron chi connectivity index (χ0n) is 15.5. The molecular formula is C20H14Cl2N4O2S2. The van der Waals surface area contributed by atoms with Gasteiger partial charge in [-0.2, -0.15) is 0 Å². The fourth-order valence-electron chi connectivity index (χ4n) is 2.77. The number of benzene rings is 2. The highest BCUT2D eigenvalue weighted by molar-refractivity contribution is 7.22. The number of thiazole rings is 2. The highest BCUT2D eigenvalue weighted by Crippen LogP contribution is 2.30. The fraction of sp³-hybridized carbons (Fsp3) is 0.100. The number of fused-ring (bicyclic) bond motifs is 1. The summed E-state index contributed by atoms with van der Waals surface area (Å²) in [6.45, 7) is 1.77. The van der Waals surface area contributed by atoms with Gasteiger partial charge in [0.1, 0.15) is 5.69 Å². The summed E-state index contributed by atoms with van der Waals surface area (Å²) >= 11 is 14.8. The second-order valence-corrected chi connectivity index (χ2v) is 9.07. The second-order valence-electron chi connectivity index (χ2n) is 6.44. The van der Waals surface area contributed by atoms with E-state index in [2.05, 4.69) is 20.6 Å². The molecule has 30 heavy (non-hydrogen) atoms. The van der Waals surface area contributed by atoms with Crippen LogP contribution in [0.4, 0.5) is 10.8 Å². The average Bonchev–Trinajstić information content (AvgIpc) is 3.35. The van der Waals surface area contributed by atoms with E-state index < -0.39 is 5.92 Å². The van der Waals surface area contributed by atoms with Crippen molar-refractivity contribution in [2.45, 2.75) is 12.8 Å². The second kappa shape index (κ2) is 8.69. The van der Waals surface area contributed by atoms with Crippen LogP contribution >= 0.6 is 45.9 Å². The number of nitrogens with zero attached hydrogens (tertiary/aromatic N) is 2. The van der Waals surface area contributed by atoms with Crippen molar-refractivity contribution in [3.63, 3.8) is 0 Å². The molecule has 2 aromatic carbocycles. The van der Waals surface area contributed by atoms with Crippen LogP contribution in [0.15, 0.2) is 47.3 Å². The first-order valence-corrected chi connectivity index (χ1v) is 11.3. The lowest BCUT2D eigenvalue weighted by molar-refractivity contribution is -0.117. The van der Waals surface area contributed by atoms with Crippen LogP contribution in [0.25, 0.3) is 10.2 Å². The smallest absolute Gasteiger partial charge is 0.275 e. The number of aromatic nitrogens is 2. The Balaban J connectivity index is 1.49. The molecule has 2 N–H and O–H groups in total. The van der Waals surface area contributed by atoms with Crippen LogP contribution in [0.3, 0.4) is 0 Å². The number of carbonyl (C=O) groups excluding carboxylic acids is 2. The third-order valence-electron chi connectivity index (χ3n) is 4.32. The minimum absolute atomic E-state index is 0.218. The van der Waals surface area contributed by atoms with Gasteiger partial charge in [-0.3, -0.25) is 9.59 Å². The van der Waals surface area contributed by atoms with Gasteiger partial charge < -0.3 is 10.6 Å². The Morgan fingerprint density at radius 1 is 1.07 bits per heavy atom. The normalized spacial score (nSPS) is 12.0. The van der Waals surface area contributed by atoms with E-state index in [-0.39, 0.29) is 11.8 Å². The third-order valence-corrected chi connectivity index (χ3v) is 6.28. The number of carbonyl (C=O) groups is 2. The first-order valence-electron chi connectivity index (χ1n) is 8.76. The number of amides is 2. The topological polar surface area (TPSA) is 84.0 Å². The van der Waals surface area contributed by atoms with Gasteiger partial charge in [-0.15, -0.1) is 11.3 Å². The Bertz CT molecular complexity index is 1220. The van der Waals surface area contributed by atoms with Gasteiger partial charge in [-0.25, -0.2) is 9.97 Å². The zero-order valence-corrected chi connectivity index (χ0v) is 18.6. The summed E-state index contributed by atoms with van der Waals surface area (Å²) in [6, 6.07) is 10.4. The van der Waals surface area contributed by atoms with Gasteiger partial charge in [0.2, 0.25) is 5.91 Å². The molecule has 0 aliphatic carbocycles. The van der Waals surface area contributed by atoms with Crippen molar-refractivity contribution in [3.05, 3.63) is 68.6 Å². The lowest BCUT2D eigenvalue weighted by atomic mass is 10.0. The summed E-state index contributed by atoms with van der Waals surface area (Å²) in [5, 5.41) is 8.75. The molecule has 1 atom stereocenters. The zero-order chi connectivity index (χ0) is 21.3. The molecule has 2 heterocycles. The maximum Gasteiger partial charge on any atom is 0.275 e. The minimum Gasteiger partial charge on any atom is -0.321 e. The van der Waals surface area contributed by atoms with E-state index in [9.17, 15) is 9.59 Å². The van der Waals surface area contributed by atoms with Crippen molar-refractivity contribution in [2.24, 2.45) is 0 Å². The Hall–Kier alpha value is -2.52. The van der Waals surface area contributed by atoms with E-state index in [1.165, 1.54) is 22.7 Å². The molecule has 0 spiro atoms. The molecule has 0 aliphatic heterocycles. The van der Waals surface area contributed by atoms with Crippen molar-refractivity contribution in [1.82, 2.24) is 9.97 Å². The largest absolute Gasteiger partial charge is 0.321 e. The summed E-state index contributed by atoms with van der Waals surface area (Å²) in [5.41, 5.74) is 4.05. The number of halogens is 2. The molecule has 0 radical (unpaired) electrons. The maximum absolute atomic E-state index is 12.7. The van der Waals surface area contributed by atoms with E-state index >= 15 is 0 Å². The van der Waals surface area contributed by atoms with Gasteiger partial charge in [0.05, 0.1) is 21.6 Å². The summed E-state index contributed by atoms with van der Waals surface area (Å²) in [6.07, 6.45) is 0. The first kappa shape index (κ1) is 20.7. The number of anilines is 2. The predicted molar refractivity (Wildman–Crippen MR) is 123 cm³/mol. The van der Waals surface area contributed by atoms with Gasteiger partial charge >= 0.3 is 0 Å². The summed E-state index contributed by atoms with van der Waals surface area (Å²) in [4.78, 5) is 33.3. The van der Waals surface area contributed by atoms with Gasteiger partial charge in [0.25, 0.3) is 5.91 Å². The SMILES string of the molecule is CC(C(=O)Nc1nc2ccc(NC(=O)c3cscn3)cc2s1)c1cc(Cl)cc(Cl)c1. The first-order chi connectivity index (χ1) is 14.4. The molecule has 1 unspecified atom stereocenters. The van der Waals surface area contributed by atoms with Gasteiger partial charge in [0.15, 0.2) is 5.13 Å². The van der Waals surface area contributed by atoms with Crippen LogP contribution < -0.4 is 10.6 Å². The standard InChI is InChI=1S/C20H14Cl2N4O2S2/c1-10(11-4-12(21)6-13(22)5-11)18(27)26-20-25-15-3-2-14(7-17(15)30-20)24-19(28)16-8-29-9-23-16/h2-10H,1H3,(H,24,28)(H,25,26,27). The molecule has 2 amide bonds. The van der Waals surface area contributed by atoms with Crippen LogP contribution in [0.2, 0.25) is 10.0 Å². The highest BCUT2D eigenvalue weighted by Gasteiger charge is 2.18. The van der Waals surface area contributed by atoms with Crippen molar-refractivity contribution in [1.29, 1.82) is 0 Å². The van der Waals surface area contributed by atoms with Crippen molar-refractivity contribution in [3.8, 4) is 0 Å². The van der Waals surface area contributed by atoms with Crippen molar-refractivity contribution < 1.29 is 9.59 Å². The summed E-state index contributed by atoms with van der Waals surface area (Å²) in [7, 11) is 0. The van der Waals surface area contributed by atoms with E-state index in [0.29, 0.717) is 26.6 Å². The van der Waals surface area contributed by atoms with Crippen LogP contribution in [0, 0.1) is 0 Å². The quantitative estimate of drug-likeness (QED) is 0.366. The number of hydrogen-bond donors (Lipinski definition) is 2. The number of hydrogen-bond acceptors (Lipinski definition) is 6. The third kappa shape index (κ3) is 4.62. The molecule has 4 aromatic rings. The van der Waals surface area contributed by atoms with Crippen molar-refractivity contribution in [2.75, 3.05) is 10.6 Å². The van der Waals surface area contributed by atoms with E-state index in [1.807, 2.05) is 6.07 Å².